The van der Waals surface area contributed by atoms with Crippen molar-refractivity contribution >= 4 is 17.6 Å². The van der Waals surface area contributed by atoms with E-state index in [-0.39, 0.29) is 11.9 Å². The van der Waals surface area contributed by atoms with Crippen LogP contribution in [0, 0.1) is 0 Å². The van der Waals surface area contributed by atoms with E-state index in [2.05, 4.69) is 5.32 Å². The Morgan fingerprint density at radius 1 is 1.25 bits per heavy atom. The number of carbonyl (C=O) groups excluding carboxylic acids is 2. The van der Waals surface area contributed by atoms with E-state index in [1.807, 2.05) is 45.0 Å². The van der Waals surface area contributed by atoms with Crippen molar-refractivity contribution in [3.63, 3.8) is 0 Å². The lowest BCUT2D eigenvalue weighted by Gasteiger charge is -2.17. The van der Waals surface area contributed by atoms with Crippen LogP contribution in [-0.4, -0.2) is 23.4 Å². The summed E-state index contributed by atoms with van der Waals surface area (Å²) in [7, 11) is 0. The Balaban J connectivity index is 2.13. The molecular weight excluding hydrogens is 252 g/mol. The van der Waals surface area contributed by atoms with Gasteiger partial charge in [-0.15, -0.1) is 0 Å². The first kappa shape index (κ1) is 14.3. The van der Waals surface area contributed by atoms with Gasteiger partial charge in [0.1, 0.15) is 0 Å². The Labute approximate surface area is 119 Å². The topological polar surface area (TPSA) is 49.4 Å². The van der Waals surface area contributed by atoms with Crippen molar-refractivity contribution in [3.05, 3.63) is 41.0 Å². The maximum absolute atomic E-state index is 12.3. The van der Waals surface area contributed by atoms with Crippen molar-refractivity contribution in [3.8, 4) is 0 Å². The van der Waals surface area contributed by atoms with Gasteiger partial charge in [0.25, 0.3) is 5.91 Å². The third-order valence-corrected chi connectivity index (χ3v) is 3.65. The highest BCUT2D eigenvalue weighted by molar-refractivity contribution is 6.10. The van der Waals surface area contributed by atoms with Crippen molar-refractivity contribution in [2.45, 2.75) is 33.6 Å². The number of para-hydroxylation sites is 1. The van der Waals surface area contributed by atoms with Crippen LogP contribution in [0.3, 0.4) is 0 Å². The number of nitrogens with zero attached hydrogens (tertiary/aromatic N) is 1. The monoisotopic (exact) mass is 272 g/mol. The summed E-state index contributed by atoms with van der Waals surface area (Å²) in [4.78, 5) is 25.7. The molecule has 4 nitrogen and oxygen atoms in total. The molecule has 0 bridgehead atoms. The van der Waals surface area contributed by atoms with E-state index in [0.717, 1.165) is 28.8 Å². The number of imide groups is 1. The second-order valence-corrected chi connectivity index (χ2v) is 4.94. The summed E-state index contributed by atoms with van der Waals surface area (Å²) in [6, 6.07) is 7.30. The zero-order valence-corrected chi connectivity index (χ0v) is 12.2. The van der Waals surface area contributed by atoms with E-state index in [4.69, 9.17) is 0 Å². The van der Waals surface area contributed by atoms with Crippen LogP contribution in [0.2, 0.25) is 0 Å². The first-order chi connectivity index (χ1) is 9.58. The van der Waals surface area contributed by atoms with Crippen LogP contribution in [0.25, 0.3) is 0 Å². The minimum Gasteiger partial charge on any atom is -0.307 e. The van der Waals surface area contributed by atoms with Crippen LogP contribution < -0.4 is 5.32 Å². The lowest BCUT2D eigenvalue weighted by molar-refractivity contribution is -0.122. The molecule has 0 fully saturated rings. The van der Waals surface area contributed by atoms with Gasteiger partial charge in [0, 0.05) is 11.3 Å². The summed E-state index contributed by atoms with van der Waals surface area (Å²) in [5, 5.41) is 2.84. The zero-order valence-electron chi connectivity index (χ0n) is 12.2. The van der Waals surface area contributed by atoms with Crippen LogP contribution in [0.15, 0.2) is 35.4 Å². The molecule has 1 aliphatic rings. The molecule has 1 aromatic rings. The first-order valence-corrected chi connectivity index (χ1v) is 6.97. The van der Waals surface area contributed by atoms with Gasteiger partial charge in [-0.1, -0.05) is 32.0 Å². The van der Waals surface area contributed by atoms with Gasteiger partial charge < -0.3 is 5.32 Å². The summed E-state index contributed by atoms with van der Waals surface area (Å²) in [5.41, 5.74) is 3.57. The van der Waals surface area contributed by atoms with Crippen molar-refractivity contribution in [2.24, 2.45) is 0 Å². The predicted molar refractivity (Wildman–Crippen MR) is 79.5 cm³/mol. The molecule has 0 aromatic heterocycles. The van der Waals surface area contributed by atoms with Crippen LogP contribution in [0.4, 0.5) is 10.5 Å². The number of aryl methyl sites for hydroxylation is 1. The fourth-order valence-corrected chi connectivity index (χ4v) is 2.50. The zero-order chi connectivity index (χ0) is 14.7. The third-order valence-electron chi connectivity index (χ3n) is 3.65. The van der Waals surface area contributed by atoms with Gasteiger partial charge in [-0.3, -0.25) is 9.69 Å². The molecule has 3 amide bonds. The van der Waals surface area contributed by atoms with Crippen LogP contribution in [-0.2, 0) is 11.2 Å². The highest BCUT2D eigenvalue weighted by Crippen LogP contribution is 2.23. The first-order valence-electron chi connectivity index (χ1n) is 6.97. The summed E-state index contributed by atoms with van der Waals surface area (Å²) >= 11 is 0. The molecule has 106 valence electrons. The SMILES string of the molecule is CCC1=C(C)CN(C(=O)Nc2ccccc2CC)C1=O. The molecule has 0 spiro atoms. The van der Waals surface area contributed by atoms with Gasteiger partial charge >= 0.3 is 6.03 Å². The second-order valence-electron chi connectivity index (χ2n) is 4.94. The number of carbonyl (C=O) groups is 2. The third kappa shape index (κ3) is 2.59. The number of nitrogens with one attached hydrogen (secondary N) is 1. The van der Waals surface area contributed by atoms with Crippen LogP contribution in [0.1, 0.15) is 32.8 Å². The molecule has 0 saturated carbocycles. The highest BCUT2D eigenvalue weighted by Gasteiger charge is 2.31. The largest absolute Gasteiger partial charge is 0.329 e. The van der Waals surface area contributed by atoms with Gasteiger partial charge in [-0.2, -0.15) is 0 Å². The Hall–Kier alpha value is -2.10. The van der Waals surface area contributed by atoms with Crippen molar-refractivity contribution in [1.82, 2.24) is 4.90 Å². The molecule has 1 aromatic carbocycles. The van der Waals surface area contributed by atoms with Gasteiger partial charge in [0.15, 0.2) is 0 Å². The summed E-state index contributed by atoms with van der Waals surface area (Å²) in [6.45, 7) is 6.27. The molecule has 0 saturated heterocycles. The van der Waals surface area contributed by atoms with E-state index < -0.39 is 0 Å². The highest BCUT2D eigenvalue weighted by atomic mass is 16.2. The summed E-state index contributed by atoms with van der Waals surface area (Å²) < 4.78 is 0. The lowest BCUT2D eigenvalue weighted by atomic mass is 10.1. The van der Waals surface area contributed by atoms with Crippen molar-refractivity contribution in [1.29, 1.82) is 0 Å². The Bertz CT molecular complexity index is 576. The maximum Gasteiger partial charge on any atom is 0.329 e. The smallest absolute Gasteiger partial charge is 0.307 e. The van der Waals surface area contributed by atoms with Gasteiger partial charge in [-0.25, -0.2) is 4.79 Å². The molecule has 0 aliphatic carbocycles. The number of rotatable bonds is 3. The summed E-state index contributed by atoms with van der Waals surface area (Å²) in [6.07, 6.45) is 1.50. The minimum atomic E-state index is -0.348. The number of amides is 3. The minimum absolute atomic E-state index is 0.170. The maximum atomic E-state index is 12.3. The van der Waals surface area contributed by atoms with Gasteiger partial charge in [0.05, 0.1) is 6.54 Å². The Morgan fingerprint density at radius 3 is 2.55 bits per heavy atom. The molecule has 4 heteroatoms. The fourth-order valence-electron chi connectivity index (χ4n) is 2.50. The van der Waals surface area contributed by atoms with E-state index >= 15 is 0 Å². The molecule has 0 atom stereocenters. The Morgan fingerprint density at radius 2 is 1.95 bits per heavy atom. The lowest BCUT2D eigenvalue weighted by Crippen LogP contribution is -2.37. The molecule has 2 rings (SSSR count). The second kappa shape index (κ2) is 5.90. The molecule has 1 N–H and O–H groups in total. The van der Waals surface area contributed by atoms with Gasteiger partial charge in [0.2, 0.25) is 0 Å². The van der Waals surface area contributed by atoms with Crippen LogP contribution in [0.5, 0.6) is 0 Å². The average molecular weight is 272 g/mol. The van der Waals surface area contributed by atoms with E-state index in [9.17, 15) is 9.59 Å². The molecule has 1 heterocycles. The fraction of sp³-hybridized carbons (Fsp3) is 0.375. The quantitative estimate of drug-likeness (QED) is 0.917. The normalized spacial score (nSPS) is 14.9. The number of anilines is 1. The molecular formula is C16H20N2O2. The predicted octanol–water partition coefficient (Wildman–Crippen LogP) is 3.35. The van der Waals surface area contributed by atoms with E-state index in [1.54, 1.807) is 0 Å². The molecule has 0 radical (unpaired) electrons. The standard InChI is InChI=1S/C16H20N2O2/c1-4-12-8-6-7-9-14(12)17-16(20)18-10-11(3)13(5-2)15(18)19/h6-9H,4-5,10H2,1-3H3,(H,17,20). The molecule has 0 unspecified atom stereocenters. The number of benzene rings is 1. The number of urea groups is 1. The van der Waals surface area contributed by atoms with Gasteiger partial charge in [-0.05, 0) is 37.0 Å². The van der Waals surface area contributed by atoms with E-state index in [0.29, 0.717) is 13.0 Å². The summed E-state index contributed by atoms with van der Waals surface area (Å²) in [5.74, 6) is -0.170. The number of hydrogen-bond donors (Lipinski definition) is 1. The Kier molecular flexibility index (Phi) is 4.23. The number of hydrogen-bond acceptors (Lipinski definition) is 2. The van der Waals surface area contributed by atoms with E-state index in [1.165, 1.54) is 4.90 Å². The van der Waals surface area contributed by atoms with Crippen LogP contribution >= 0.6 is 0 Å². The molecule has 20 heavy (non-hydrogen) atoms. The average Bonchev–Trinajstić information content (AvgIpc) is 2.74. The molecule has 1 aliphatic heterocycles. The van der Waals surface area contributed by atoms with Crippen molar-refractivity contribution in [2.75, 3.05) is 11.9 Å². The van der Waals surface area contributed by atoms with Crippen molar-refractivity contribution < 1.29 is 9.59 Å².